The van der Waals surface area contributed by atoms with Gasteiger partial charge in [-0.2, -0.15) is 0 Å². The van der Waals surface area contributed by atoms with E-state index in [-0.39, 0.29) is 10.6 Å². The van der Waals surface area contributed by atoms with Gasteiger partial charge in [0.15, 0.2) is 0 Å². The third-order valence-corrected chi connectivity index (χ3v) is 2.73. The monoisotopic (exact) mass is 251 g/mol. The average Bonchev–Trinajstić information content (AvgIpc) is 2.30. The van der Waals surface area contributed by atoms with E-state index in [9.17, 15) is 4.79 Å². The zero-order valence-corrected chi connectivity index (χ0v) is 9.66. The molecule has 4 heteroatoms. The van der Waals surface area contributed by atoms with Gasteiger partial charge in [-0.05, 0) is 17.7 Å². The zero-order chi connectivity index (χ0) is 11.5. The molecule has 0 bridgehead atoms. The molecule has 16 heavy (non-hydrogen) atoms. The summed E-state index contributed by atoms with van der Waals surface area (Å²) >= 11 is 11.5. The number of pyridine rings is 1. The predicted octanol–water partition coefficient (Wildman–Crippen LogP) is 3.78. The molecule has 0 amide bonds. The molecule has 0 aliphatic rings. The molecule has 2 rings (SSSR count). The number of aromatic nitrogens is 1. The van der Waals surface area contributed by atoms with Gasteiger partial charge in [-0.15, -0.1) is 0 Å². The fourth-order valence-electron chi connectivity index (χ4n) is 1.39. The zero-order valence-electron chi connectivity index (χ0n) is 8.15. The first kappa shape index (κ1) is 11.1. The minimum atomic E-state index is -0.579. The number of benzene rings is 1. The molecule has 80 valence electrons. The average molecular weight is 252 g/mol. The van der Waals surface area contributed by atoms with Crippen LogP contribution in [-0.4, -0.2) is 10.2 Å². The summed E-state index contributed by atoms with van der Waals surface area (Å²) in [6.45, 7) is 0. The summed E-state index contributed by atoms with van der Waals surface area (Å²) in [6.07, 6.45) is 1.52. The van der Waals surface area contributed by atoms with Gasteiger partial charge in [-0.25, -0.2) is 0 Å². The third kappa shape index (κ3) is 2.08. The van der Waals surface area contributed by atoms with Crippen molar-refractivity contribution in [3.63, 3.8) is 0 Å². The molecular formula is C12H7Cl2NO. The first-order valence-electron chi connectivity index (χ1n) is 4.60. The van der Waals surface area contributed by atoms with E-state index in [2.05, 4.69) is 4.98 Å². The van der Waals surface area contributed by atoms with Crippen molar-refractivity contribution in [2.45, 2.75) is 0 Å². The van der Waals surface area contributed by atoms with Crippen LogP contribution >= 0.6 is 23.2 Å². The van der Waals surface area contributed by atoms with E-state index < -0.39 is 5.24 Å². The van der Waals surface area contributed by atoms with Crippen LogP contribution in [0.2, 0.25) is 5.02 Å². The van der Waals surface area contributed by atoms with Crippen LogP contribution in [0, 0.1) is 0 Å². The second kappa shape index (κ2) is 4.64. The molecule has 0 radical (unpaired) electrons. The highest BCUT2D eigenvalue weighted by atomic mass is 35.5. The van der Waals surface area contributed by atoms with Gasteiger partial charge in [0.2, 0.25) is 0 Å². The fourth-order valence-corrected chi connectivity index (χ4v) is 1.91. The van der Waals surface area contributed by atoms with Crippen molar-refractivity contribution in [3.05, 3.63) is 53.2 Å². The number of hydrogen-bond donors (Lipinski definition) is 0. The van der Waals surface area contributed by atoms with Crippen LogP contribution in [0.5, 0.6) is 0 Å². The van der Waals surface area contributed by atoms with E-state index in [0.717, 1.165) is 5.56 Å². The van der Waals surface area contributed by atoms with Gasteiger partial charge in [0.1, 0.15) is 0 Å². The molecule has 0 saturated carbocycles. The Morgan fingerprint density at radius 1 is 1.12 bits per heavy atom. The SMILES string of the molecule is O=C(Cl)c1ccnc(-c2ccccc2)c1Cl. The minimum Gasteiger partial charge on any atom is -0.276 e. The Bertz CT molecular complexity index is 526. The van der Waals surface area contributed by atoms with Crippen molar-refractivity contribution in [2.75, 3.05) is 0 Å². The number of carbonyl (C=O) groups excluding carboxylic acids is 1. The van der Waals surface area contributed by atoms with Gasteiger partial charge in [0.05, 0.1) is 16.3 Å². The number of halogens is 2. The normalized spacial score (nSPS) is 10.1. The number of nitrogens with zero attached hydrogens (tertiary/aromatic N) is 1. The summed E-state index contributed by atoms with van der Waals surface area (Å²) in [6, 6.07) is 10.9. The molecule has 1 aromatic carbocycles. The lowest BCUT2D eigenvalue weighted by atomic mass is 10.1. The standard InChI is InChI=1S/C12H7Cl2NO/c13-10-9(12(14)16)6-7-15-11(10)8-4-2-1-3-5-8/h1-7H. The highest BCUT2D eigenvalue weighted by Crippen LogP contribution is 2.28. The van der Waals surface area contributed by atoms with Crippen LogP contribution in [-0.2, 0) is 0 Å². The van der Waals surface area contributed by atoms with Crippen LogP contribution in [0.3, 0.4) is 0 Å². The summed E-state index contributed by atoms with van der Waals surface area (Å²) in [4.78, 5) is 15.3. The molecule has 0 fully saturated rings. The van der Waals surface area contributed by atoms with Crippen molar-refractivity contribution in [2.24, 2.45) is 0 Å². The van der Waals surface area contributed by atoms with Gasteiger partial charge < -0.3 is 0 Å². The lowest BCUT2D eigenvalue weighted by Crippen LogP contribution is -1.94. The summed E-state index contributed by atoms with van der Waals surface area (Å²) in [5.74, 6) is 0. The topological polar surface area (TPSA) is 30.0 Å². The number of carbonyl (C=O) groups is 1. The molecule has 0 atom stereocenters. The largest absolute Gasteiger partial charge is 0.276 e. The van der Waals surface area contributed by atoms with Gasteiger partial charge >= 0.3 is 0 Å². The molecule has 0 spiro atoms. The van der Waals surface area contributed by atoms with Gasteiger partial charge in [-0.1, -0.05) is 41.9 Å². The Hall–Kier alpha value is -1.38. The third-order valence-electron chi connectivity index (χ3n) is 2.15. The molecule has 1 aromatic heterocycles. The molecule has 0 aliphatic heterocycles. The maximum atomic E-state index is 11.1. The van der Waals surface area contributed by atoms with Crippen molar-refractivity contribution < 1.29 is 4.79 Å². The molecule has 0 saturated heterocycles. The van der Waals surface area contributed by atoms with Crippen molar-refractivity contribution in [3.8, 4) is 11.3 Å². The Morgan fingerprint density at radius 3 is 2.44 bits per heavy atom. The first-order chi connectivity index (χ1) is 7.70. The number of rotatable bonds is 2. The molecule has 0 aliphatic carbocycles. The Labute approximate surface area is 103 Å². The van der Waals surface area contributed by atoms with E-state index in [4.69, 9.17) is 23.2 Å². The Balaban J connectivity index is 2.59. The Morgan fingerprint density at radius 2 is 1.81 bits per heavy atom. The van der Waals surface area contributed by atoms with Crippen LogP contribution in [0.25, 0.3) is 11.3 Å². The van der Waals surface area contributed by atoms with E-state index >= 15 is 0 Å². The lowest BCUT2D eigenvalue weighted by molar-refractivity contribution is 0.108. The molecule has 1 heterocycles. The quantitative estimate of drug-likeness (QED) is 0.761. The van der Waals surface area contributed by atoms with Crippen molar-refractivity contribution in [1.82, 2.24) is 4.98 Å². The maximum Gasteiger partial charge on any atom is 0.254 e. The smallest absolute Gasteiger partial charge is 0.254 e. The minimum absolute atomic E-state index is 0.275. The Kier molecular flexibility index (Phi) is 3.22. The summed E-state index contributed by atoms with van der Waals surface area (Å²) in [5, 5.41) is -0.293. The van der Waals surface area contributed by atoms with E-state index in [0.29, 0.717) is 5.69 Å². The highest BCUT2D eigenvalue weighted by molar-refractivity contribution is 6.68. The van der Waals surface area contributed by atoms with Crippen LogP contribution in [0.15, 0.2) is 42.6 Å². The molecule has 2 aromatic rings. The summed E-state index contributed by atoms with van der Waals surface area (Å²) in [5.41, 5.74) is 1.69. The lowest BCUT2D eigenvalue weighted by Gasteiger charge is -2.05. The highest BCUT2D eigenvalue weighted by Gasteiger charge is 2.13. The van der Waals surface area contributed by atoms with Crippen LogP contribution in [0.1, 0.15) is 10.4 Å². The van der Waals surface area contributed by atoms with Gasteiger partial charge in [-0.3, -0.25) is 9.78 Å². The maximum absolute atomic E-state index is 11.1. The van der Waals surface area contributed by atoms with Crippen molar-refractivity contribution in [1.29, 1.82) is 0 Å². The molecular weight excluding hydrogens is 245 g/mol. The number of hydrogen-bond acceptors (Lipinski definition) is 2. The van der Waals surface area contributed by atoms with Crippen molar-refractivity contribution >= 4 is 28.4 Å². The second-order valence-electron chi connectivity index (χ2n) is 3.16. The van der Waals surface area contributed by atoms with Gasteiger partial charge in [0, 0.05) is 11.8 Å². The molecule has 2 nitrogen and oxygen atoms in total. The van der Waals surface area contributed by atoms with E-state index in [1.54, 1.807) is 0 Å². The first-order valence-corrected chi connectivity index (χ1v) is 5.35. The van der Waals surface area contributed by atoms with Crippen LogP contribution in [0.4, 0.5) is 0 Å². The second-order valence-corrected chi connectivity index (χ2v) is 3.88. The predicted molar refractivity (Wildman–Crippen MR) is 64.9 cm³/mol. The molecule has 0 N–H and O–H groups in total. The van der Waals surface area contributed by atoms with E-state index in [1.165, 1.54) is 12.3 Å². The van der Waals surface area contributed by atoms with E-state index in [1.807, 2.05) is 30.3 Å². The van der Waals surface area contributed by atoms with Gasteiger partial charge in [0.25, 0.3) is 5.24 Å². The fraction of sp³-hybridized carbons (Fsp3) is 0. The molecule has 0 unspecified atom stereocenters. The van der Waals surface area contributed by atoms with Crippen LogP contribution < -0.4 is 0 Å². The summed E-state index contributed by atoms with van der Waals surface area (Å²) < 4.78 is 0. The summed E-state index contributed by atoms with van der Waals surface area (Å²) in [7, 11) is 0.